The molecule has 0 saturated heterocycles. The van der Waals surface area contributed by atoms with E-state index < -0.39 is 80.4 Å². The Morgan fingerprint density at radius 1 is 0.698 bits per heavy atom. The molecule has 0 spiro atoms. The van der Waals surface area contributed by atoms with Gasteiger partial charge in [-0.05, 0) is 88.7 Å². The van der Waals surface area contributed by atoms with Crippen LogP contribution in [-0.4, -0.2) is 6.18 Å². The van der Waals surface area contributed by atoms with Crippen molar-refractivity contribution in [1.82, 2.24) is 0 Å². The standard InChI is InChI=1S/C41H29F11O/c1-2-3-4-5-22-6-7-24-15-25(9-8-23(24)14-22)26-10-11-30(32(42)17-26)27-18-35(45)38(36(46)19-27)41(51,52)53-29-16-28-20-33(43)31(12-13-40(48,49)50)39(47)37(28)34(44)21-29/h8-11,15-22H,2-7,14H2,1H3. The van der Waals surface area contributed by atoms with Crippen LogP contribution >= 0.6 is 0 Å². The number of benzene rings is 5. The van der Waals surface area contributed by atoms with Gasteiger partial charge in [-0.25, -0.2) is 26.3 Å². The van der Waals surface area contributed by atoms with Crippen molar-refractivity contribution in [3.8, 4) is 39.8 Å². The number of aryl methyl sites for hydroxylation is 1. The number of fused-ring (bicyclic) bond motifs is 2. The topological polar surface area (TPSA) is 9.23 Å². The molecule has 1 aliphatic carbocycles. The molecule has 53 heavy (non-hydrogen) atoms. The van der Waals surface area contributed by atoms with E-state index in [1.54, 1.807) is 6.07 Å². The van der Waals surface area contributed by atoms with Crippen molar-refractivity contribution in [3.63, 3.8) is 0 Å². The number of hydrogen-bond donors (Lipinski definition) is 0. The molecule has 0 radical (unpaired) electrons. The molecule has 0 saturated carbocycles. The fourth-order valence-corrected chi connectivity index (χ4v) is 6.77. The second kappa shape index (κ2) is 14.8. The molecule has 0 bridgehead atoms. The average molecular weight is 747 g/mol. The van der Waals surface area contributed by atoms with Gasteiger partial charge in [-0.2, -0.15) is 22.0 Å². The number of rotatable bonds is 9. The number of alkyl halides is 5. The van der Waals surface area contributed by atoms with Gasteiger partial charge < -0.3 is 4.74 Å². The monoisotopic (exact) mass is 746 g/mol. The van der Waals surface area contributed by atoms with Crippen LogP contribution < -0.4 is 4.74 Å². The van der Waals surface area contributed by atoms with E-state index in [2.05, 4.69) is 11.7 Å². The van der Waals surface area contributed by atoms with Crippen molar-refractivity contribution >= 4 is 10.8 Å². The SMILES string of the molecule is CCCCCC1CCc2cc(-c3ccc(-c4cc(F)c(C(F)(F)Oc5cc(F)c6c(F)c(C#CC(F)(F)F)c(F)cc6c5)c(F)c4)c(F)c3)ccc2C1. The van der Waals surface area contributed by atoms with Crippen molar-refractivity contribution in [3.05, 3.63) is 124 Å². The van der Waals surface area contributed by atoms with E-state index in [9.17, 15) is 26.3 Å². The molecule has 5 aromatic rings. The zero-order chi connectivity index (χ0) is 38.2. The lowest BCUT2D eigenvalue weighted by Gasteiger charge is -2.25. The van der Waals surface area contributed by atoms with Gasteiger partial charge in [0.2, 0.25) is 0 Å². The molecular weight excluding hydrogens is 717 g/mol. The molecule has 1 nitrogen and oxygen atoms in total. The maximum Gasteiger partial charge on any atom is 0.458 e. The Hall–Kier alpha value is -5.05. The zero-order valence-electron chi connectivity index (χ0n) is 27.9. The van der Waals surface area contributed by atoms with Gasteiger partial charge in [0.25, 0.3) is 0 Å². The lowest BCUT2D eigenvalue weighted by Crippen LogP contribution is -2.25. The summed E-state index contributed by atoms with van der Waals surface area (Å²) in [5, 5.41) is -1.86. The smallest absolute Gasteiger partial charge is 0.429 e. The molecule has 0 aliphatic heterocycles. The van der Waals surface area contributed by atoms with Crippen LogP contribution in [0, 0.1) is 52.7 Å². The first kappa shape index (κ1) is 37.7. The molecule has 0 amide bonds. The summed E-state index contributed by atoms with van der Waals surface area (Å²) in [7, 11) is 0. The first-order valence-electron chi connectivity index (χ1n) is 16.7. The van der Waals surface area contributed by atoms with Crippen LogP contribution in [0.15, 0.2) is 66.7 Å². The summed E-state index contributed by atoms with van der Waals surface area (Å²) < 4.78 is 162. The van der Waals surface area contributed by atoms with Gasteiger partial charge in [-0.15, -0.1) is 0 Å². The Balaban J connectivity index is 1.23. The molecule has 0 heterocycles. The Morgan fingerprint density at radius 3 is 2.06 bits per heavy atom. The quantitative estimate of drug-likeness (QED) is 0.0829. The molecule has 0 aromatic heterocycles. The highest BCUT2D eigenvalue weighted by Crippen LogP contribution is 2.40. The van der Waals surface area contributed by atoms with Gasteiger partial charge in [-0.1, -0.05) is 68.9 Å². The molecular formula is C41H29F11O. The molecule has 0 fully saturated rings. The van der Waals surface area contributed by atoms with Crippen molar-refractivity contribution in [2.45, 2.75) is 64.2 Å². The van der Waals surface area contributed by atoms with Gasteiger partial charge in [0.1, 0.15) is 40.4 Å². The number of halogens is 11. The molecule has 6 rings (SSSR count). The summed E-state index contributed by atoms with van der Waals surface area (Å²) in [6.45, 7) is 2.17. The molecule has 1 atom stereocenters. The van der Waals surface area contributed by atoms with Crippen LogP contribution in [0.1, 0.15) is 61.3 Å². The molecule has 276 valence electrons. The van der Waals surface area contributed by atoms with Gasteiger partial charge in [0, 0.05) is 17.6 Å². The van der Waals surface area contributed by atoms with Gasteiger partial charge >= 0.3 is 12.3 Å². The van der Waals surface area contributed by atoms with E-state index in [4.69, 9.17) is 0 Å². The maximum absolute atomic E-state index is 15.4. The minimum Gasteiger partial charge on any atom is -0.429 e. The fraction of sp³-hybridized carbons (Fsp3) is 0.268. The van der Waals surface area contributed by atoms with E-state index in [1.165, 1.54) is 48.4 Å². The summed E-state index contributed by atoms with van der Waals surface area (Å²) >= 11 is 0. The van der Waals surface area contributed by atoms with Crippen LogP contribution in [0.25, 0.3) is 33.0 Å². The lowest BCUT2D eigenvalue weighted by molar-refractivity contribution is -0.189. The second-order valence-corrected chi connectivity index (χ2v) is 13.0. The fourth-order valence-electron chi connectivity index (χ4n) is 6.77. The largest absolute Gasteiger partial charge is 0.458 e. The Bertz CT molecular complexity index is 2240. The predicted octanol–water partition coefficient (Wildman–Crippen LogP) is 12.7. The van der Waals surface area contributed by atoms with Crippen molar-refractivity contribution < 1.29 is 53.0 Å². The lowest BCUT2D eigenvalue weighted by atomic mass is 9.80. The van der Waals surface area contributed by atoms with E-state index in [0.717, 1.165) is 31.2 Å². The summed E-state index contributed by atoms with van der Waals surface area (Å²) in [4.78, 5) is 0. The first-order valence-corrected chi connectivity index (χ1v) is 16.7. The minimum atomic E-state index is -5.13. The molecule has 1 aliphatic rings. The van der Waals surface area contributed by atoms with Crippen LogP contribution in [0.3, 0.4) is 0 Å². The number of hydrogen-bond acceptors (Lipinski definition) is 1. The second-order valence-electron chi connectivity index (χ2n) is 13.0. The van der Waals surface area contributed by atoms with Crippen LogP contribution in [-0.2, 0) is 19.0 Å². The number of unbranched alkanes of at least 4 members (excludes halogenated alkanes) is 2. The predicted molar refractivity (Wildman–Crippen MR) is 178 cm³/mol. The maximum atomic E-state index is 15.4. The third-order valence-electron chi connectivity index (χ3n) is 9.33. The van der Waals surface area contributed by atoms with E-state index in [-0.39, 0.29) is 11.6 Å². The van der Waals surface area contributed by atoms with Crippen LogP contribution in [0.2, 0.25) is 0 Å². The highest BCUT2D eigenvalue weighted by atomic mass is 19.4. The summed E-state index contributed by atoms with van der Waals surface area (Å²) in [6.07, 6.45) is -2.26. The van der Waals surface area contributed by atoms with Crippen LogP contribution in [0.4, 0.5) is 48.3 Å². The van der Waals surface area contributed by atoms with Crippen molar-refractivity contribution in [2.75, 3.05) is 0 Å². The summed E-state index contributed by atoms with van der Waals surface area (Å²) in [6, 6.07) is 11.9. The highest BCUT2D eigenvalue weighted by Gasteiger charge is 2.41. The molecule has 1 unspecified atom stereocenters. The first-order chi connectivity index (χ1) is 25.0. The zero-order valence-corrected chi connectivity index (χ0v) is 27.9. The van der Waals surface area contributed by atoms with E-state index in [1.807, 2.05) is 18.2 Å². The average Bonchev–Trinajstić information content (AvgIpc) is 3.06. The summed E-state index contributed by atoms with van der Waals surface area (Å²) in [5.74, 6) is -8.37. The van der Waals surface area contributed by atoms with E-state index >= 15 is 22.0 Å². The van der Waals surface area contributed by atoms with Crippen molar-refractivity contribution in [2.24, 2.45) is 5.92 Å². The number of ether oxygens (including phenoxy) is 1. The van der Waals surface area contributed by atoms with Gasteiger partial charge in [-0.3, -0.25) is 0 Å². The Morgan fingerprint density at radius 2 is 1.38 bits per heavy atom. The van der Waals surface area contributed by atoms with E-state index in [0.29, 0.717) is 41.7 Å². The Kier molecular flexibility index (Phi) is 10.5. The molecule has 0 N–H and O–H groups in total. The third kappa shape index (κ3) is 8.14. The van der Waals surface area contributed by atoms with Crippen molar-refractivity contribution in [1.29, 1.82) is 0 Å². The summed E-state index contributed by atoms with van der Waals surface area (Å²) in [5.41, 5.74) is -0.352. The molecule has 12 heteroatoms. The molecule has 5 aromatic carbocycles. The normalized spacial score (nSPS) is 14.5. The third-order valence-corrected chi connectivity index (χ3v) is 9.33. The Labute approximate surface area is 297 Å². The van der Waals surface area contributed by atoms with Gasteiger partial charge in [0.05, 0.1) is 10.9 Å². The van der Waals surface area contributed by atoms with Crippen LogP contribution in [0.5, 0.6) is 5.75 Å². The minimum absolute atomic E-state index is 0.174. The van der Waals surface area contributed by atoms with Gasteiger partial charge in [0.15, 0.2) is 5.82 Å². The highest BCUT2D eigenvalue weighted by molar-refractivity contribution is 5.87.